The Morgan fingerprint density at radius 3 is 0.909 bits per heavy atom. The summed E-state index contributed by atoms with van der Waals surface area (Å²) in [5, 5.41) is 75.0. The molecule has 238 valence electrons. The maximum absolute atomic E-state index is 9.54. The van der Waals surface area contributed by atoms with Gasteiger partial charge in [0.1, 0.15) is 0 Å². The van der Waals surface area contributed by atoms with Crippen molar-refractivity contribution in [1.29, 1.82) is 0 Å². The highest BCUT2D eigenvalue weighted by atomic mass is 16.3. The number of aromatic hydroxyl groups is 8. The number of phenols is 8. The van der Waals surface area contributed by atoms with Crippen LogP contribution in [-0.4, -0.2) is 40.9 Å². The van der Waals surface area contributed by atoms with E-state index in [1.165, 1.54) is 24.3 Å². The summed E-state index contributed by atoms with van der Waals surface area (Å²) in [6.45, 7) is 8.27. The highest BCUT2D eigenvalue weighted by Gasteiger charge is 2.15. The van der Waals surface area contributed by atoms with Crippen molar-refractivity contribution in [1.82, 2.24) is 0 Å². The first-order valence-electron chi connectivity index (χ1n) is 15.0. The largest absolute Gasteiger partial charge is 0.504 e. The number of benzene rings is 4. The molecule has 44 heavy (non-hydrogen) atoms. The third kappa shape index (κ3) is 11.2. The van der Waals surface area contributed by atoms with Crippen molar-refractivity contribution in [3.8, 4) is 46.0 Å². The van der Waals surface area contributed by atoms with Crippen LogP contribution in [0.2, 0.25) is 0 Å². The maximum Gasteiger partial charge on any atom is 0.157 e. The lowest BCUT2D eigenvalue weighted by Gasteiger charge is -2.20. The molecule has 4 aromatic carbocycles. The zero-order valence-corrected chi connectivity index (χ0v) is 25.9. The molecular formula is C36H46O8. The van der Waals surface area contributed by atoms with E-state index in [2.05, 4.69) is 13.8 Å². The molecule has 0 aliphatic carbocycles. The minimum atomic E-state index is -0.107. The molecule has 0 radical (unpaired) electrons. The predicted octanol–water partition coefficient (Wildman–Crippen LogP) is 7.67. The number of rotatable bonds is 10. The van der Waals surface area contributed by atoms with Gasteiger partial charge in [0.15, 0.2) is 46.0 Å². The molecule has 2 atom stereocenters. The van der Waals surface area contributed by atoms with E-state index in [4.69, 9.17) is 0 Å². The van der Waals surface area contributed by atoms with Gasteiger partial charge in [-0.25, -0.2) is 0 Å². The van der Waals surface area contributed by atoms with Crippen LogP contribution in [0.1, 0.15) is 62.8 Å². The molecule has 0 bridgehead atoms. The monoisotopic (exact) mass is 606 g/mol. The normalized spacial score (nSPS) is 11.8. The Balaban J connectivity index is 0.000000292. The number of unbranched alkanes of at least 4 members (excludes halogenated alkanes) is 1. The van der Waals surface area contributed by atoms with E-state index >= 15 is 0 Å². The Morgan fingerprint density at radius 2 is 0.636 bits per heavy atom. The van der Waals surface area contributed by atoms with Crippen LogP contribution in [0.5, 0.6) is 46.0 Å². The van der Waals surface area contributed by atoms with Gasteiger partial charge in [-0.15, -0.1) is 0 Å². The first-order chi connectivity index (χ1) is 20.9. The van der Waals surface area contributed by atoms with E-state index in [9.17, 15) is 40.9 Å². The summed E-state index contributed by atoms with van der Waals surface area (Å²) >= 11 is 0. The Labute approximate surface area is 259 Å². The van der Waals surface area contributed by atoms with Crippen molar-refractivity contribution in [2.75, 3.05) is 0 Å². The minimum absolute atomic E-state index is 0.0917. The molecule has 4 rings (SSSR count). The summed E-state index contributed by atoms with van der Waals surface area (Å²) in [6.07, 6.45) is 5.09. The molecular weight excluding hydrogens is 560 g/mol. The molecule has 0 aliphatic heterocycles. The molecule has 8 N–H and O–H groups in total. The molecule has 0 fully saturated rings. The topological polar surface area (TPSA) is 162 Å². The Morgan fingerprint density at radius 1 is 0.386 bits per heavy atom. The molecule has 0 aliphatic rings. The van der Waals surface area contributed by atoms with Gasteiger partial charge in [0.05, 0.1) is 0 Å². The van der Waals surface area contributed by atoms with Crippen LogP contribution < -0.4 is 0 Å². The van der Waals surface area contributed by atoms with Crippen LogP contribution in [0.15, 0.2) is 72.8 Å². The average molecular weight is 607 g/mol. The second-order valence-corrected chi connectivity index (χ2v) is 10.9. The van der Waals surface area contributed by atoms with Crippen LogP contribution >= 0.6 is 0 Å². The molecule has 0 heterocycles. The number of hydrogen-bond acceptors (Lipinski definition) is 8. The SMILES string of the molecule is CC.C[C@H](Cc1ccc(O)c(O)c1)[C@@H](C)Cc1ccc(O)c(O)c1.Oc1ccc(CCCCc2ccc(O)c(O)c2)cc1O. The van der Waals surface area contributed by atoms with Crippen LogP contribution in [-0.2, 0) is 25.7 Å². The van der Waals surface area contributed by atoms with Crippen molar-refractivity contribution in [2.24, 2.45) is 11.8 Å². The van der Waals surface area contributed by atoms with Crippen molar-refractivity contribution in [3.63, 3.8) is 0 Å². The van der Waals surface area contributed by atoms with E-state index in [1.807, 2.05) is 26.0 Å². The average Bonchev–Trinajstić information content (AvgIpc) is 3.00. The van der Waals surface area contributed by atoms with Crippen LogP contribution in [0, 0.1) is 11.8 Å². The van der Waals surface area contributed by atoms with E-state index in [0.29, 0.717) is 11.8 Å². The van der Waals surface area contributed by atoms with Crippen LogP contribution in [0.4, 0.5) is 0 Å². The molecule has 8 heteroatoms. The van der Waals surface area contributed by atoms with Gasteiger partial charge in [-0.05, 0) is 121 Å². The van der Waals surface area contributed by atoms with Crippen molar-refractivity contribution in [2.45, 2.75) is 66.2 Å². The molecule has 0 spiro atoms. The van der Waals surface area contributed by atoms with Gasteiger partial charge >= 0.3 is 0 Å². The van der Waals surface area contributed by atoms with Crippen LogP contribution in [0.25, 0.3) is 0 Å². The first-order valence-corrected chi connectivity index (χ1v) is 15.0. The van der Waals surface area contributed by atoms with Gasteiger partial charge < -0.3 is 40.9 Å². The summed E-state index contributed by atoms with van der Waals surface area (Å²) in [4.78, 5) is 0. The van der Waals surface area contributed by atoms with Crippen molar-refractivity contribution >= 4 is 0 Å². The predicted molar refractivity (Wildman–Crippen MR) is 173 cm³/mol. The summed E-state index contributed by atoms with van der Waals surface area (Å²) in [5.41, 5.74) is 3.91. The fourth-order valence-corrected chi connectivity index (χ4v) is 4.65. The smallest absolute Gasteiger partial charge is 0.157 e. The standard InChI is InChI=1S/C18H22O4.C16H18O4.C2H6/c1-11(7-13-3-5-15(19)17(21)9-13)12(2)8-14-4-6-16(20)18(22)10-14;17-13-7-5-11(9-15(13)19)3-1-2-4-12-6-8-14(18)16(20)10-12;1-2/h3-6,9-12,19-22H,7-8H2,1-2H3;5-10,17-20H,1-4H2;1-2H3/t11-,12+;;. The molecule has 0 saturated heterocycles. The Kier molecular flexibility index (Phi) is 14.0. The zero-order valence-electron chi connectivity index (χ0n) is 25.9. The van der Waals surface area contributed by atoms with E-state index in [0.717, 1.165) is 60.8 Å². The third-order valence-corrected chi connectivity index (χ3v) is 7.43. The zero-order chi connectivity index (χ0) is 32.8. The first kappa shape index (κ1) is 35.5. The summed E-state index contributed by atoms with van der Waals surface area (Å²) in [5.74, 6) is -0.0759. The van der Waals surface area contributed by atoms with Gasteiger partial charge in [-0.2, -0.15) is 0 Å². The van der Waals surface area contributed by atoms with Gasteiger partial charge in [0, 0.05) is 0 Å². The fraction of sp³-hybridized carbons (Fsp3) is 0.333. The highest BCUT2D eigenvalue weighted by molar-refractivity contribution is 5.43. The fourth-order valence-electron chi connectivity index (χ4n) is 4.65. The molecule has 0 unspecified atom stereocenters. The summed E-state index contributed by atoms with van der Waals surface area (Å²) in [6, 6.07) is 19.5. The number of hydrogen-bond donors (Lipinski definition) is 8. The second-order valence-electron chi connectivity index (χ2n) is 10.9. The van der Waals surface area contributed by atoms with E-state index in [-0.39, 0.29) is 46.0 Å². The highest BCUT2D eigenvalue weighted by Crippen LogP contribution is 2.31. The second kappa shape index (κ2) is 17.4. The molecule has 0 saturated carbocycles. The third-order valence-electron chi connectivity index (χ3n) is 7.43. The van der Waals surface area contributed by atoms with Gasteiger partial charge in [-0.1, -0.05) is 52.0 Å². The summed E-state index contributed by atoms with van der Waals surface area (Å²) < 4.78 is 0. The van der Waals surface area contributed by atoms with E-state index in [1.54, 1.807) is 36.4 Å². The van der Waals surface area contributed by atoms with Crippen LogP contribution in [0.3, 0.4) is 0 Å². The quantitative estimate of drug-likeness (QED) is 0.0674. The molecule has 4 aromatic rings. The molecule has 8 nitrogen and oxygen atoms in total. The summed E-state index contributed by atoms with van der Waals surface area (Å²) in [7, 11) is 0. The van der Waals surface area contributed by atoms with Crippen molar-refractivity contribution in [3.05, 3.63) is 95.1 Å². The lowest BCUT2D eigenvalue weighted by molar-refractivity contribution is 0.377. The lowest BCUT2D eigenvalue weighted by atomic mass is 9.85. The van der Waals surface area contributed by atoms with Gasteiger partial charge in [0.25, 0.3) is 0 Å². The maximum atomic E-state index is 9.54. The van der Waals surface area contributed by atoms with E-state index < -0.39 is 0 Å². The lowest BCUT2D eigenvalue weighted by Crippen LogP contribution is -2.13. The number of aryl methyl sites for hydroxylation is 2. The Bertz CT molecular complexity index is 1360. The van der Waals surface area contributed by atoms with Gasteiger partial charge in [-0.3, -0.25) is 0 Å². The Hall–Kier alpha value is -4.72. The van der Waals surface area contributed by atoms with Crippen molar-refractivity contribution < 1.29 is 40.9 Å². The molecule has 0 amide bonds. The minimum Gasteiger partial charge on any atom is -0.504 e. The van der Waals surface area contributed by atoms with Gasteiger partial charge in [0.2, 0.25) is 0 Å². The molecule has 0 aromatic heterocycles. The number of phenolic OH excluding ortho intramolecular Hbond substituents is 8.